The second kappa shape index (κ2) is 6.75. The first-order valence-corrected chi connectivity index (χ1v) is 8.54. The minimum Gasteiger partial charge on any atom is -0.350 e. The van der Waals surface area contributed by atoms with Crippen LogP contribution >= 0.6 is 0 Å². The number of amides is 1. The predicted octanol–water partition coefficient (Wildman–Crippen LogP) is 3.80. The van der Waals surface area contributed by atoms with Gasteiger partial charge in [-0.25, -0.2) is 0 Å². The van der Waals surface area contributed by atoms with Crippen molar-refractivity contribution in [2.75, 3.05) is 0 Å². The van der Waals surface area contributed by atoms with Crippen LogP contribution in [-0.2, 0) is 11.0 Å². The van der Waals surface area contributed by atoms with E-state index in [9.17, 15) is 18.0 Å². The summed E-state index contributed by atoms with van der Waals surface area (Å²) in [6.07, 6.45) is 0.645. The van der Waals surface area contributed by atoms with Crippen LogP contribution in [0, 0.1) is 5.92 Å². The Hall–Kier alpha value is -1.56. The maximum atomic E-state index is 12.6. The third-order valence-electron chi connectivity index (χ3n) is 5.16. The van der Waals surface area contributed by atoms with Crippen LogP contribution in [0.4, 0.5) is 13.2 Å². The Morgan fingerprint density at radius 1 is 1.21 bits per heavy atom. The molecule has 0 spiro atoms. The zero-order chi connectivity index (χ0) is 17.3. The Morgan fingerprint density at radius 3 is 2.33 bits per heavy atom. The molecule has 2 aliphatic heterocycles. The quantitative estimate of drug-likeness (QED) is 0.875. The number of halogens is 3. The Kier molecular flexibility index (Phi) is 4.85. The van der Waals surface area contributed by atoms with Gasteiger partial charge in [-0.15, -0.1) is 0 Å². The standard InChI is InChI=1S/C18H23F3N2O/c1-11(13-2-4-14(5-3-13)18(19,20)21)22-17(24)10-12-8-15-6-7-16(9-12)23-15/h2-5,11-12,15-16,23H,6-10H2,1H3,(H,22,24). The molecule has 1 aromatic carbocycles. The molecule has 1 amide bonds. The van der Waals surface area contributed by atoms with Gasteiger partial charge < -0.3 is 10.6 Å². The van der Waals surface area contributed by atoms with Gasteiger partial charge in [0, 0.05) is 18.5 Å². The molecular formula is C18H23F3N2O. The number of fused-ring (bicyclic) bond motifs is 2. The van der Waals surface area contributed by atoms with E-state index in [1.165, 1.54) is 25.0 Å². The molecule has 0 radical (unpaired) electrons. The first-order valence-electron chi connectivity index (χ1n) is 8.54. The van der Waals surface area contributed by atoms with Gasteiger partial charge >= 0.3 is 6.18 Å². The van der Waals surface area contributed by atoms with E-state index in [1.807, 2.05) is 0 Å². The Morgan fingerprint density at radius 2 is 1.79 bits per heavy atom. The number of carbonyl (C=O) groups is 1. The molecule has 3 unspecified atom stereocenters. The van der Waals surface area contributed by atoms with E-state index in [2.05, 4.69) is 10.6 Å². The molecule has 6 heteroatoms. The number of hydrogen-bond donors (Lipinski definition) is 2. The van der Waals surface area contributed by atoms with E-state index >= 15 is 0 Å². The fourth-order valence-electron chi connectivity index (χ4n) is 3.95. The summed E-state index contributed by atoms with van der Waals surface area (Å²) in [4.78, 5) is 12.2. The van der Waals surface area contributed by atoms with Crippen LogP contribution in [0.25, 0.3) is 0 Å². The first-order chi connectivity index (χ1) is 11.3. The van der Waals surface area contributed by atoms with Gasteiger partial charge in [-0.3, -0.25) is 4.79 Å². The normalized spacial score (nSPS) is 27.8. The minimum absolute atomic E-state index is 0.0197. The van der Waals surface area contributed by atoms with Crippen molar-refractivity contribution in [3.63, 3.8) is 0 Å². The Labute approximate surface area is 140 Å². The molecule has 2 N–H and O–H groups in total. The molecule has 2 aliphatic rings. The van der Waals surface area contributed by atoms with Gasteiger partial charge in [-0.2, -0.15) is 13.2 Å². The summed E-state index contributed by atoms with van der Waals surface area (Å²) in [5, 5.41) is 6.47. The molecule has 3 rings (SSSR count). The average Bonchev–Trinajstić information content (AvgIpc) is 2.85. The van der Waals surface area contributed by atoms with Gasteiger partial charge in [-0.1, -0.05) is 12.1 Å². The number of nitrogens with one attached hydrogen (secondary N) is 2. The highest BCUT2D eigenvalue weighted by Crippen LogP contribution is 2.33. The summed E-state index contributed by atoms with van der Waals surface area (Å²) in [5.41, 5.74) is 0.0108. The lowest BCUT2D eigenvalue weighted by molar-refractivity contribution is -0.137. The Balaban J connectivity index is 1.52. The van der Waals surface area contributed by atoms with Gasteiger partial charge in [0.25, 0.3) is 0 Å². The molecule has 132 valence electrons. The van der Waals surface area contributed by atoms with Crippen LogP contribution in [0.1, 0.15) is 56.2 Å². The van der Waals surface area contributed by atoms with E-state index in [0.29, 0.717) is 30.0 Å². The lowest BCUT2D eigenvalue weighted by atomic mass is 9.89. The van der Waals surface area contributed by atoms with Crippen LogP contribution in [0.5, 0.6) is 0 Å². The van der Waals surface area contributed by atoms with E-state index in [4.69, 9.17) is 0 Å². The summed E-state index contributed by atoms with van der Waals surface area (Å²) in [6, 6.07) is 5.78. The molecule has 2 saturated heterocycles. The van der Waals surface area contributed by atoms with Crippen LogP contribution in [0.3, 0.4) is 0 Å². The summed E-state index contributed by atoms with van der Waals surface area (Å²) in [7, 11) is 0. The Bertz CT molecular complexity index is 573. The van der Waals surface area contributed by atoms with Gasteiger partial charge in [-0.05, 0) is 56.2 Å². The molecule has 24 heavy (non-hydrogen) atoms. The summed E-state index contributed by atoms with van der Waals surface area (Å²) < 4.78 is 37.8. The number of benzene rings is 1. The van der Waals surface area contributed by atoms with Crippen LogP contribution in [0.15, 0.2) is 24.3 Å². The van der Waals surface area contributed by atoms with Gasteiger partial charge in [0.05, 0.1) is 11.6 Å². The molecular weight excluding hydrogens is 317 g/mol. The highest BCUT2D eigenvalue weighted by atomic mass is 19.4. The zero-order valence-corrected chi connectivity index (χ0v) is 13.7. The number of alkyl halides is 3. The molecule has 0 saturated carbocycles. The van der Waals surface area contributed by atoms with Crippen molar-refractivity contribution in [3.05, 3.63) is 35.4 Å². The fraction of sp³-hybridized carbons (Fsp3) is 0.611. The smallest absolute Gasteiger partial charge is 0.350 e. The van der Waals surface area contributed by atoms with Crippen molar-refractivity contribution in [2.24, 2.45) is 5.92 Å². The summed E-state index contributed by atoms with van der Waals surface area (Å²) in [6.45, 7) is 1.80. The predicted molar refractivity (Wildman–Crippen MR) is 85.3 cm³/mol. The van der Waals surface area contributed by atoms with Crippen LogP contribution < -0.4 is 10.6 Å². The molecule has 2 heterocycles. The summed E-state index contributed by atoms with van der Waals surface area (Å²) in [5.74, 6) is 0.386. The van der Waals surface area contributed by atoms with Gasteiger partial charge in [0.2, 0.25) is 5.91 Å². The maximum absolute atomic E-state index is 12.6. The van der Waals surface area contributed by atoms with E-state index in [-0.39, 0.29) is 11.9 Å². The largest absolute Gasteiger partial charge is 0.416 e. The van der Waals surface area contributed by atoms with Crippen molar-refractivity contribution in [2.45, 2.75) is 63.3 Å². The van der Waals surface area contributed by atoms with Crippen molar-refractivity contribution in [1.82, 2.24) is 10.6 Å². The van der Waals surface area contributed by atoms with Crippen molar-refractivity contribution in [1.29, 1.82) is 0 Å². The molecule has 1 aromatic rings. The first kappa shape index (κ1) is 17.3. The second-order valence-electron chi connectivity index (χ2n) is 7.09. The number of carbonyl (C=O) groups excluding carboxylic acids is 1. The zero-order valence-electron chi connectivity index (χ0n) is 13.7. The fourth-order valence-corrected chi connectivity index (χ4v) is 3.95. The average molecular weight is 340 g/mol. The molecule has 0 aliphatic carbocycles. The highest BCUT2D eigenvalue weighted by molar-refractivity contribution is 5.76. The number of piperidine rings is 1. The highest BCUT2D eigenvalue weighted by Gasteiger charge is 2.34. The molecule has 3 nitrogen and oxygen atoms in total. The van der Waals surface area contributed by atoms with E-state index in [0.717, 1.165) is 25.0 Å². The van der Waals surface area contributed by atoms with E-state index in [1.54, 1.807) is 6.92 Å². The number of rotatable bonds is 4. The lowest BCUT2D eigenvalue weighted by Crippen LogP contribution is -2.40. The molecule has 3 atom stereocenters. The second-order valence-corrected chi connectivity index (χ2v) is 7.09. The monoisotopic (exact) mass is 340 g/mol. The van der Waals surface area contributed by atoms with Crippen molar-refractivity contribution >= 4 is 5.91 Å². The van der Waals surface area contributed by atoms with Gasteiger partial charge in [0.1, 0.15) is 0 Å². The van der Waals surface area contributed by atoms with Crippen molar-refractivity contribution < 1.29 is 18.0 Å². The molecule has 0 aromatic heterocycles. The van der Waals surface area contributed by atoms with Gasteiger partial charge in [0.15, 0.2) is 0 Å². The molecule has 2 fully saturated rings. The third kappa shape index (κ3) is 4.09. The molecule has 2 bridgehead atoms. The topological polar surface area (TPSA) is 41.1 Å². The van der Waals surface area contributed by atoms with Crippen molar-refractivity contribution in [3.8, 4) is 0 Å². The van der Waals surface area contributed by atoms with Crippen LogP contribution in [-0.4, -0.2) is 18.0 Å². The van der Waals surface area contributed by atoms with Crippen LogP contribution in [0.2, 0.25) is 0 Å². The lowest BCUT2D eigenvalue weighted by Gasteiger charge is -2.29. The SMILES string of the molecule is CC(NC(=O)CC1CC2CCC(C1)N2)c1ccc(C(F)(F)F)cc1. The maximum Gasteiger partial charge on any atom is 0.416 e. The van der Waals surface area contributed by atoms with E-state index < -0.39 is 11.7 Å². The number of hydrogen-bond acceptors (Lipinski definition) is 2. The third-order valence-corrected chi connectivity index (χ3v) is 5.16. The minimum atomic E-state index is -4.33. The summed E-state index contributed by atoms with van der Waals surface area (Å²) >= 11 is 0.